The summed E-state index contributed by atoms with van der Waals surface area (Å²) >= 11 is 0. The van der Waals surface area contributed by atoms with E-state index in [4.69, 9.17) is 0 Å². The summed E-state index contributed by atoms with van der Waals surface area (Å²) in [6, 6.07) is 34.4. The Hall–Kier alpha value is -4.10. The van der Waals surface area contributed by atoms with E-state index in [0.29, 0.717) is 0 Å². The molecular weight excluding hydrogens is 410 g/mol. The van der Waals surface area contributed by atoms with E-state index in [1.54, 1.807) is 0 Å². The quantitative estimate of drug-likeness (QED) is 0.231. The summed E-state index contributed by atoms with van der Waals surface area (Å²) in [4.78, 5) is 0. The first-order valence-corrected chi connectivity index (χ1v) is 12.3. The van der Waals surface area contributed by atoms with Crippen molar-refractivity contribution in [3.63, 3.8) is 0 Å². The van der Waals surface area contributed by atoms with Crippen LogP contribution < -0.4 is 0 Å². The number of para-hydroxylation sites is 1. The molecule has 0 atom stereocenters. The molecule has 0 unspecified atom stereocenters. The predicted molar refractivity (Wildman–Crippen MR) is 140 cm³/mol. The molecule has 0 amide bonds. The highest BCUT2D eigenvalue weighted by Crippen LogP contribution is 2.50. The zero-order valence-corrected chi connectivity index (χ0v) is 18.7. The number of aromatic nitrogens is 1. The van der Waals surface area contributed by atoms with Crippen LogP contribution in [0.1, 0.15) is 33.4 Å². The maximum atomic E-state index is 2.57. The minimum Gasteiger partial charge on any atom is -0.309 e. The van der Waals surface area contributed by atoms with Crippen molar-refractivity contribution < 1.29 is 0 Å². The van der Waals surface area contributed by atoms with Crippen molar-refractivity contribution in [1.82, 2.24) is 4.57 Å². The van der Waals surface area contributed by atoms with Crippen LogP contribution in [-0.4, -0.2) is 4.57 Å². The highest BCUT2D eigenvalue weighted by atomic mass is 15.0. The zero-order chi connectivity index (χ0) is 22.0. The van der Waals surface area contributed by atoms with Crippen molar-refractivity contribution in [2.45, 2.75) is 19.3 Å². The number of fused-ring (bicyclic) bond motifs is 12. The van der Waals surface area contributed by atoms with Gasteiger partial charge in [-0.25, -0.2) is 0 Å². The van der Waals surface area contributed by atoms with Gasteiger partial charge in [-0.1, -0.05) is 66.7 Å². The van der Waals surface area contributed by atoms with Gasteiger partial charge >= 0.3 is 0 Å². The van der Waals surface area contributed by atoms with Crippen LogP contribution in [0.25, 0.3) is 49.7 Å². The van der Waals surface area contributed by atoms with E-state index < -0.39 is 0 Å². The van der Waals surface area contributed by atoms with E-state index in [0.717, 1.165) is 19.3 Å². The summed E-state index contributed by atoms with van der Waals surface area (Å²) in [5, 5.41) is 2.81. The van der Waals surface area contributed by atoms with Gasteiger partial charge in [0.15, 0.2) is 0 Å². The van der Waals surface area contributed by atoms with E-state index >= 15 is 0 Å². The third kappa shape index (κ3) is 1.98. The Morgan fingerprint density at radius 2 is 1.21 bits per heavy atom. The lowest BCUT2D eigenvalue weighted by Crippen LogP contribution is -2.09. The first-order chi connectivity index (χ1) is 16.8. The van der Waals surface area contributed by atoms with E-state index in [2.05, 4.69) is 95.6 Å². The molecule has 34 heavy (non-hydrogen) atoms. The Bertz CT molecular complexity index is 1880. The van der Waals surface area contributed by atoms with Crippen LogP contribution in [0.15, 0.2) is 91.0 Å². The zero-order valence-electron chi connectivity index (χ0n) is 18.7. The molecule has 0 saturated carbocycles. The molecule has 0 N–H and O–H groups in total. The molecule has 0 spiro atoms. The minimum absolute atomic E-state index is 1.00. The Balaban J connectivity index is 1.47. The van der Waals surface area contributed by atoms with Gasteiger partial charge in [0.05, 0.1) is 11.0 Å². The molecule has 0 fully saturated rings. The van der Waals surface area contributed by atoms with Crippen LogP contribution in [0.3, 0.4) is 0 Å². The van der Waals surface area contributed by atoms with Crippen molar-refractivity contribution in [3.8, 4) is 27.9 Å². The molecule has 1 aromatic heterocycles. The summed E-state index contributed by atoms with van der Waals surface area (Å²) in [5.74, 6) is 0. The normalized spacial score (nSPS) is 14.1. The topological polar surface area (TPSA) is 4.93 Å². The molecular formula is C33H21N. The van der Waals surface area contributed by atoms with Gasteiger partial charge in [-0.05, 0) is 92.7 Å². The lowest BCUT2D eigenvalue weighted by Gasteiger charge is -2.23. The van der Waals surface area contributed by atoms with Gasteiger partial charge in [-0.15, -0.1) is 0 Å². The third-order valence-corrected chi connectivity index (χ3v) is 8.41. The second kappa shape index (κ2) is 5.87. The average molecular weight is 432 g/mol. The maximum Gasteiger partial charge on any atom is 0.0582 e. The summed E-state index contributed by atoms with van der Waals surface area (Å²) < 4.78 is 2.57. The van der Waals surface area contributed by atoms with Gasteiger partial charge in [-0.3, -0.25) is 0 Å². The summed E-state index contributed by atoms with van der Waals surface area (Å²) in [5.41, 5.74) is 18.6. The SMILES string of the molecule is c1ccc2c(c1)Cc1cc3c(cc1-2)c1cc2c(c4c1n3-c1ccccc1C4)-c1ccccc1C2. The minimum atomic E-state index is 1.00. The smallest absolute Gasteiger partial charge is 0.0582 e. The highest BCUT2D eigenvalue weighted by Gasteiger charge is 2.31. The molecule has 0 radical (unpaired) electrons. The summed E-state index contributed by atoms with van der Waals surface area (Å²) in [6.45, 7) is 0. The number of rotatable bonds is 0. The number of hydrogen-bond acceptors (Lipinski definition) is 0. The molecule has 1 aliphatic heterocycles. The maximum absolute atomic E-state index is 2.57. The Kier molecular flexibility index (Phi) is 3.00. The Labute approximate surface area is 197 Å². The molecule has 2 heterocycles. The number of benzene rings is 5. The molecule has 5 aromatic carbocycles. The standard InChI is InChI=1S/C33H21N/c1-4-10-24-19(7-1)13-22-17-31-27(18-26(22)24)28-16-23-14-20-8-2-5-11-25(20)32(23)29-15-21-9-3-6-12-30(21)34(31)33(28)29/h1-12,16-18H,13-15H2. The number of hydrogen-bond donors (Lipinski definition) is 0. The summed E-state index contributed by atoms with van der Waals surface area (Å²) in [6.07, 6.45) is 3.07. The van der Waals surface area contributed by atoms with Gasteiger partial charge in [0, 0.05) is 22.9 Å². The van der Waals surface area contributed by atoms with Crippen LogP contribution in [0.4, 0.5) is 0 Å². The lowest BCUT2D eigenvalue weighted by atomic mass is 9.89. The highest BCUT2D eigenvalue weighted by molar-refractivity contribution is 6.15. The first-order valence-electron chi connectivity index (χ1n) is 12.3. The molecule has 0 bridgehead atoms. The Morgan fingerprint density at radius 1 is 0.500 bits per heavy atom. The van der Waals surface area contributed by atoms with E-state index in [9.17, 15) is 0 Å². The van der Waals surface area contributed by atoms with Crippen LogP contribution in [0.5, 0.6) is 0 Å². The fourth-order valence-corrected chi connectivity index (χ4v) is 7.03. The van der Waals surface area contributed by atoms with Gasteiger partial charge in [0.2, 0.25) is 0 Å². The molecule has 0 saturated heterocycles. The molecule has 2 aliphatic carbocycles. The molecule has 1 nitrogen and oxygen atoms in total. The van der Waals surface area contributed by atoms with Gasteiger partial charge in [0.25, 0.3) is 0 Å². The van der Waals surface area contributed by atoms with E-state index in [-0.39, 0.29) is 0 Å². The number of nitrogens with zero attached hydrogens (tertiary/aromatic N) is 1. The van der Waals surface area contributed by atoms with Crippen LogP contribution in [-0.2, 0) is 19.3 Å². The van der Waals surface area contributed by atoms with E-state index in [1.807, 2.05) is 0 Å². The van der Waals surface area contributed by atoms with Crippen LogP contribution >= 0.6 is 0 Å². The molecule has 6 aromatic rings. The average Bonchev–Trinajstić information content (AvgIpc) is 3.53. The molecule has 3 aliphatic rings. The van der Waals surface area contributed by atoms with E-state index in [1.165, 1.54) is 83.1 Å². The first kappa shape index (κ1) is 17.4. The van der Waals surface area contributed by atoms with Crippen LogP contribution in [0.2, 0.25) is 0 Å². The second-order valence-corrected chi connectivity index (χ2v) is 10.1. The monoisotopic (exact) mass is 431 g/mol. The molecule has 1 heteroatoms. The van der Waals surface area contributed by atoms with Gasteiger partial charge < -0.3 is 4.57 Å². The fraction of sp³-hybridized carbons (Fsp3) is 0.0909. The van der Waals surface area contributed by atoms with Crippen molar-refractivity contribution in [1.29, 1.82) is 0 Å². The van der Waals surface area contributed by atoms with Crippen molar-refractivity contribution in [3.05, 3.63) is 124 Å². The fourth-order valence-electron chi connectivity index (χ4n) is 7.03. The molecule has 158 valence electrons. The van der Waals surface area contributed by atoms with Gasteiger partial charge in [-0.2, -0.15) is 0 Å². The molecule has 9 rings (SSSR count). The Morgan fingerprint density at radius 3 is 2.09 bits per heavy atom. The largest absolute Gasteiger partial charge is 0.309 e. The van der Waals surface area contributed by atoms with Crippen molar-refractivity contribution in [2.75, 3.05) is 0 Å². The summed E-state index contributed by atoms with van der Waals surface area (Å²) in [7, 11) is 0. The second-order valence-electron chi connectivity index (χ2n) is 10.1. The van der Waals surface area contributed by atoms with Crippen molar-refractivity contribution >= 4 is 21.8 Å². The van der Waals surface area contributed by atoms with Crippen LogP contribution in [0, 0.1) is 0 Å². The third-order valence-electron chi connectivity index (χ3n) is 8.41. The lowest BCUT2D eigenvalue weighted by molar-refractivity contribution is 1.04. The van der Waals surface area contributed by atoms with Gasteiger partial charge in [0.1, 0.15) is 0 Å². The van der Waals surface area contributed by atoms with Crippen molar-refractivity contribution in [2.24, 2.45) is 0 Å². The predicted octanol–water partition coefficient (Wildman–Crippen LogP) is 7.83.